The Morgan fingerprint density at radius 1 is 0.966 bits per heavy atom. The molecule has 29 heavy (non-hydrogen) atoms. The number of halogens is 3. The normalized spacial score (nSPS) is 12.0. The van der Waals surface area contributed by atoms with Crippen LogP contribution in [0.4, 0.5) is 0 Å². The van der Waals surface area contributed by atoms with Crippen molar-refractivity contribution in [2.75, 3.05) is 6.54 Å². The zero-order chi connectivity index (χ0) is 21.6. The number of carbonyl (C=O) groups is 2. The lowest BCUT2D eigenvalue weighted by atomic mass is 10.1. The molecule has 0 aromatic heterocycles. The maximum Gasteiger partial charge on any atom is 0.242 e. The molecule has 1 N–H and O–H groups in total. The molecular formula is C22H25Cl3N2O2. The lowest BCUT2D eigenvalue weighted by molar-refractivity contribution is -0.140. The molecule has 0 aliphatic rings. The second kappa shape index (κ2) is 10.9. The average molecular weight is 456 g/mol. The first kappa shape index (κ1) is 23.5. The predicted molar refractivity (Wildman–Crippen MR) is 119 cm³/mol. The Hall–Kier alpha value is -1.75. The Balaban J connectivity index is 2.23. The van der Waals surface area contributed by atoms with Crippen molar-refractivity contribution in [1.29, 1.82) is 0 Å². The number of nitrogens with one attached hydrogen (secondary N) is 1. The number of benzene rings is 2. The van der Waals surface area contributed by atoms with Crippen LogP contribution in [0.3, 0.4) is 0 Å². The maximum absolute atomic E-state index is 13.1. The molecule has 0 fully saturated rings. The van der Waals surface area contributed by atoms with Crippen LogP contribution in [0.15, 0.2) is 42.5 Å². The van der Waals surface area contributed by atoms with Gasteiger partial charge in [0, 0.05) is 18.1 Å². The fourth-order valence-electron chi connectivity index (χ4n) is 2.79. The van der Waals surface area contributed by atoms with Crippen LogP contribution in [-0.2, 0) is 22.6 Å². The SMILES string of the molecule is CC(C)CNC(=O)[C@@H](C)N(Cc1cccc(Cl)c1)C(=O)Cc1ccc(Cl)c(Cl)c1. The number of hydrogen-bond donors (Lipinski definition) is 1. The molecule has 0 aliphatic carbocycles. The molecule has 156 valence electrons. The zero-order valence-electron chi connectivity index (χ0n) is 16.7. The van der Waals surface area contributed by atoms with Crippen LogP contribution in [-0.4, -0.2) is 29.3 Å². The highest BCUT2D eigenvalue weighted by Crippen LogP contribution is 2.23. The van der Waals surface area contributed by atoms with Gasteiger partial charge in [0.15, 0.2) is 0 Å². The van der Waals surface area contributed by atoms with Crippen molar-refractivity contribution in [2.24, 2.45) is 5.92 Å². The van der Waals surface area contributed by atoms with Crippen LogP contribution < -0.4 is 5.32 Å². The highest BCUT2D eigenvalue weighted by molar-refractivity contribution is 6.42. The highest BCUT2D eigenvalue weighted by atomic mass is 35.5. The lowest BCUT2D eigenvalue weighted by Crippen LogP contribution is -2.48. The van der Waals surface area contributed by atoms with E-state index in [-0.39, 0.29) is 24.8 Å². The number of nitrogens with zero attached hydrogens (tertiary/aromatic N) is 1. The van der Waals surface area contributed by atoms with Crippen LogP contribution in [0.1, 0.15) is 31.9 Å². The summed E-state index contributed by atoms with van der Waals surface area (Å²) in [4.78, 5) is 27.3. The molecule has 0 radical (unpaired) electrons. The van der Waals surface area contributed by atoms with Crippen molar-refractivity contribution in [3.8, 4) is 0 Å². The fourth-order valence-corrected chi connectivity index (χ4v) is 3.33. The van der Waals surface area contributed by atoms with E-state index in [1.807, 2.05) is 26.0 Å². The first-order chi connectivity index (χ1) is 13.7. The Bertz CT molecular complexity index is 871. The van der Waals surface area contributed by atoms with Crippen LogP contribution in [0.25, 0.3) is 0 Å². The van der Waals surface area contributed by atoms with E-state index in [1.54, 1.807) is 42.2 Å². The third-order valence-corrected chi connectivity index (χ3v) is 5.41. The van der Waals surface area contributed by atoms with Gasteiger partial charge in [0.05, 0.1) is 16.5 Å². The van der Waals surface area contributed by atoms with Gasteiger partial charge in [0.2, 0.25) is 11.8 Å². The summed E-state index contributed by atoms with van der Waals surface area (Å²) in [6.07, 6.45) is 0.110. The summed E-state index contributed by atoms with van der Waals surface area (Å²) in [6, 6.07) is 11.7. The Labute approximate surface area is 187 Å². The van der Waals surface area contributed by atoms with E-state index in [0.717, 1.165) is 11.1 Å². The summed E-state index contributed by atoms with van der Waals surface area (Å²) >= 11 is 18.1. The second-order valence-corrected chi connectivity index (χ2v) is 8.64. The van der Waals surface area contributed by atoms with E-state index >= 15 is 0 Å². The maximum atomic E-state index is 13.1. The Morgan fingerprint density at radius 3 is 2.31 bits per heavy atom. The minimum atomic E-state index is -0.636. The van der Waals surface area contributed by atoms with Crippen molar-refractivity contribution < 1.29 is 9.59 Å². The predicted octanol–water partition coefficient (Wildman–Crippen LogP) is 5.38. The average Bonchev–Trinajstić information content (AvgIpc) is 2.66. The second-order valence-electron chi connectivity index (χ2n) is 7.39. The monoisotopic (exact) mass is 454 g/mol. The topological polar surface area (TPSA) is 49.4 Å². The van der Waals surface area contributed by atoms with Crippen molar-refractivity contribution in [1.82, 2.24) is 10.2 Å². The highest BCUT2D eigenvalue weighted by Gasteiger charge is 2.26. The molecular weight excluding hydrogens is 431 g/mol. The van der Waals surface area contributed by atoms with E-state index in [1.165, 1.54) is 0 Å². The fraction of sp³-hybridized carbons (Fsp3) is 0.364. The zero-order valence-corrected chi connectivity index (χ0v) is 19.0. The van der Waals surface area contributed by atoms with Crippen LogP contribution >= 0.6 is 34.8 Å². The van der Waals surface area contributed by atoms with E-state index in [0.29, 0.717) is 27.5 Å². The molecule has 0 saturated heterocycles. The summed E-state index contributed by atoms with van der Waals surface area (Å²) in [6.45, 7) is 6.59. The summed E-state index contributed by atoms with van der Waals surface area (Å²) in [5.41, 5.74) is 1.58. The first-order valence-corrected chi connectivity index (χ1v) is 10.6. The molecule has 2 rings (SSSR count). The molecule has 2 aromatic carbocycles. The number of carbonyl (C=O) groups excluding carboxylic acids is 2. The van der Waals surface area contributed by atoms with Gasteiger partial charge in [0.25, 0.3) is 0 Å². The largest absolute Gasteiger partial charge is 0.354 e. The minimum absolute atomic E-state index is 0.110. The van der Waals surface area contributed by atoms with E-state index in [4.69, 9.17) is 34.8 Å². The Morgan fingerprint density at radius 2 is 1.69 bits per heavy atom. The van der Waals surface area contributed by atoms with Crippen LogP contribution in [0, 0.1) is 5.92 Å². The van der Waals surface area contributed by atoms with Gasteiger partial charge in [0.1, 0.15) is 6.04 Å². The van der Waals surface area contributed by atoms with Crippen molar-refractivity contribution in [3.05, 3.63) is 68.7 Å². The van der Waals surface area contributed by atoms with E-state index in [9.17, 15) is 9.59 Å². The number of hydrogen-bond acceptors (Lipinski definition) is 2. The van der Waals surface area contributed by atoms with Crippen LogP contribution in [0.2, 0.25) is 15.1 Å². The molecule has 2 aromatic rings. The summed E-state index contributed by atoms with van der Waals surface area (Å²) in [5, 5.41) is 4.30. The number of amides is 2. The molecule has 1 atom stereocenters. The standard InChI is InChI=1S/C22H25Cl3N2O2/c1-14(2)12-26-22(29)15(3)27(13-17-5-4-6-18(23)9-17)21(28)11-16-7-8-19(24)20(25)10-16/h4-10,14-15H,11-13H2,1-3H3,(H,26,29)/t15-/m1/s1. The lowest BCUT2D eigenvalue weighted by Gasteiger charge is -2.29. The molecule has 0 aliphatic heterocycles. The van der Waals surface area contributed by atoms with E-state index in [2.05, 4.69) is 5.32 Å². The number of rotatable bonds is 8. The Kier molecular flexibility index (Phi) is 8.81. The van der Waals surface area contributed by atoms with Gasteiger partial charge in [-0.1, -0.05) is 66.8 Å². The minimum Gasteiger partial charge on any atom is -0.354 e. The van der Waals surface area contributed by atoms with Gasteiger partial charge in [-0.2, -0.15) is 0 Å². The molecule has 0 bridgehead atoms. The van der Waals surface area contributed by atoms with Crippen LogP contribution in [0.5, 0.6) is 0 Å². The third kappa shape index (κ3) is 7.22. The van der Waals surface area contributed by atoms with Gasteiger partial charge in [-0.25, -0.2) is 0 Å². The molecule has 0 spiro atoms. The smallest absolute Gasteiger partial charge is 0.242 e. The molecule has 7 heteroatoms. The third-order valence-electron chi connectivity index (χ3n) is 4.43. The van der Waals surface area contributed by atoms with Gasteiger partial charge < -0.3 is 10.2 Å². The molecule has 0 unspecified atom stereocenters. The van der Waals surface area contributed by atoms with Gasteiger partial charge in [-0.3, -0.25) is 9.59 Å². The van der Waals surface area contributed by atoms with Gasteiger partial charge in [-0.05, 0) is 48.2 Å². The molecule has 0 saturated carbocycles. The first-order valence-electron chi connectivity index (χ1n) is 9.43. The van der Waals surface area contributed by atoms with Crippen molar-refractivity contribution in [3.63, 3.8) is 0 Å². The summed E-state index contributed by atoms with van der Waals surface area (Å²) in [5.74, 6) is -0.0572. The molecule has 0 heterocycles. The van der Waals surface area contributed by atoms with Crippen molar-refractivity contribution in [2.45, 2.75) is 39.8 Å². The van der Waals surface area contributed by atoms with E-state index < -0.39 is 6.04 Å². The summed E-state index contributed by atoms with van der Waals surface area (Å²) in [7, 11) is 0. The quantitative estimate of drug-likeness (QED) is 0.581. The van der Waals surface area contributed by atoms with Crippen molar-refractivity contribution >= 4 is 46.6 Å². The molecule has 2 amide bonds. The summed E-state index contributed by atoms with van der Waals surface area (Å²) < 4.78 is 0. The van der Waals surface area contributed by atoms with Gasteiger partial charge >= 0.3 is 0 Å². The molecule has 4 nitrogen and oxygen atoms in total. The van der Waals surface area contributed by atoms with Gasteiger partial charge in [-0.15, -0.1) is 0 Å².